The van der Waals surface area contributed by atoms with Gasteiger partial charge < -0.3 is 18.9 Å². The fraction of sp³-hybridized carbons (Fsp3) is 0.409. The summed E-state index contributed by atoms with van der Waals surface area (Å²) in [4.78, 5) is 11.9. The third-order valence-electron chi connectivity index (χ3n) is 4.65. The third-order valence-corrected chi connectivity index (χ3v) is 4.65. The van der Waals surface area contributed by atoms with Gasteiger partial charge in [-0.25, -0.2) is 4.39 Å². The van der Waals surface area contributed by atoms with Gasteiger partial charge in [0.15, 0.2) is 0 Å². The molecule has 1 aliphatic heterocycles. The SMILES string of the molecule is CCOC(=O)CC1(c2ccc(OCCCOc3ccc(F)cc3)cc2)COC1. The number of ether oxygens (including phenoxy) is 4. The van der Waals surface area contributed by atoms with E-state index < -0.39 is 0 Å². The molecule has 0 N–H and O–H groups in total. The van der Waals surface area contributed by atoms with E-state index in [1.165, 1.54) is 12.1 Å². The van der Waals surface area contributed by atoms with Gasteiger partial charge in [-0.2, -0.15) is 0 Å². The summed E-state index contributed by atoms with van der Waals surface area (Å²) in [5, 5.41) is 0. The molecule has 2 aromatic carbocycles. The summed E-state index contributed by atoms with van der Waals surface area (Å²) in [5.41, 5.74) is 0.757. The van der Waals surface area contributed by atoms with Crippen LogP contribution in [0.3, 0.4) is 0 Å². The largest absolute Gasteiger partial charge is 0.493 e. The maximum Gasteiger partial charge on any atom is 0.306 e. The number of hydrogen-bond acceptors (Lipinski definition) is 5. The summed E-state index contributed by atoms with van der Waals surface area (Å²) < 4.78 is 34.6. The molecule has 5 nitrogen and oxygen atoms in total. The molecule has 1 saturated heterocycles. The van der Waals surface area contributed by atoms with Gasteiger partial charge in [-0.15, -0.1) is 0 Å². The zero-order valence-electron chi connectivity index (χ0n) is 16.0. The molecule has 0 bridgehead atoms. The monoisotopic (exact) mass is 388 g/mol. The molecule has 1 fully saturated rings. The van der Waals surface area contributed by atoms with Crippen molar-refractivity contribution in [1.29, 1.82) is 0 Å². The van der Waals surface area contributed by atoms with Gasteiger partial charge >= 0.3 is 5.97 Å². The smallest absolute Gasteiger partial charge is 0.306 e. The molecule has 0 aliphatic carbocycles. The van der Waals surface area contributed by atoms with Gasteiger partial charge in [0.05, 0.1) is 44.9 Å². The van der Waals surface area contributed by atoms with Gasteiger partial charge in [0.25, 0.3) is 0 Å². The third kappa shape index (κ3) is 5.23. The van der Waals surface area contributed by atoms with E-state index in [1.807, 2.05) is 24.3 Å². The number of esters is 1. The Morgan fingerprint density at radius 1 is 1.00 bits per heavy atom. The fourth-order valence-corrected chi connectivity index (χ4v) is 3.08. The van der Waals surface area contributed by atoms with E-state index in [0.29, 0.717) is 51.6 Å². The summed E-state index contributed by atoms with van der Waals surface area (Å²) in [7, 11) is 0. The molecule has 3 rings (SSSR count). The van der Waals surface area contributed by atoms with Crippen molar-refractivity contribution in [2.45, 2.75) is 25.2 Å². The summed E-state index contributed by atoms with van der Waals surface area (Å²) in [5.74, 6) is 0.918. The molecular formula is C22H25FO5. The molecule has 1 heterocycles. The second-order valence-corrected chi connectivity index (χ2v) is 6.78. The van der Waals surface area contributed by atoms with Crippen LogP contribution in [-0.2, 0) is 19.7 Å². The number of carbonyl (C=O) groups is 1. The van der Waals surface area contributed by atoms with Crippen LogP contribution in [0.15, 0.2) is 48.5 Å². The number of carbonyl (C=O) groups excluding carboxylic acids is 1. The second kappa shape index (κ2) is 9.55. The molecule has 0 amide bonds. The van der Waals surface area contributed by atoms with E-state index in [2.05, 4.69) is 0 Å². The van der Waals surface area contributed by atoms with Gasteiger partial charge in [0, 0.05) is 6.42 Å². The molecular weight excluding hydrogens is 363 g/mol. The number of halogens is 1. The first-order valence-electron chi connectivity index (χ1n) is 9.46. The van der Waals surface area contributed by atoms with Crippen LogP contribution < -0.4 is 9.47 Å². The van der Waals surface area contributed by atoms with Gasteiger partial charge in [0.1, 0.15) is 17.3 Å². The highest BCUT2D eigenvalue weighted by molar-refractivity contribution is 5.72. The predicted octanol–water partition coefficient (Wildman–Crippen LogP) is 3.89. The van der Waals surface area contributed by atoms with Crippen molar-refractivity contribution < 1.29 is 28.1 Å². The van der Waals surface area contributed by atoms with Crippen LogP contribution in [-0.4, -0.2) is 39.0 Å². The number of benzene rings is 2. The highest BCUT2D eigenvalue weighted by Gasteiger charge is 2.42. The minimum absolute atomic E-state index is 0.202. The lowest BCUT2D eigenvalue weighted by molar-refractivity contribution is -0.151. The van der Waals surface area contributed by atoms with Crippen molar-refractivity contribution >= 4 is 5.97 Å². The van der Waals surface area contributed by atoms with Gasteiger partial charge in [-0.3, -0.25) is 4.79 Å². The Kier molecular flexibility index (Phi) is 6.87. The first kappa shape index (κ1) is 20.1. The molecule has 150 valence electrons. The Hall–Kier alpha value is -2.60. The lowest BCUT2D eigenvalue weighted by atomic mass is 9.76. The fourth-order valence-electron chi connectivity index (χ4n) is 3.08. The number of hydrogen-bond donors (Lipinski definition) is 0. The molecule has 2 aromatic rings. The zero-order chi connectivity index (χ0) is 19.8. The van der Waals surface area contributed by atoms with Crippen molar-refractivity contribution in [1.82, 2.24) is 0 Å². The Morgan fingerprint density at radius 2 is 1.57 bits per heavy atom. The topological polar surface area (TPSA) is 54.0 Å². The van der Waals surface area contributed by atoms with Crippen LogP contribution in [0.2, 0.25) is 0 Å². The molecule has 0 radical (unpaired) electrons. The summed E-state index contributed by atoms with van der Waals surface area (Å²) in [6.07, 6.45) is 1.03. The lowest BCUT2D eigenvalue weighted by Gasteiger charge is -2.41. The summed E-state index contributed by atoms with van der Waals surface area (Å²) in [6.45, 7) is 4.23. The van der Waals surface area contributed by atoms with E-state index in [9.17, 15) is 9.18 Å². The van der Waals surface area contributed by atoms with Crippen molar-refractivity contribution in [3.8, 4) is 11.5 Å². The van der Waals surface area contributed by atoms with E-state index in [-0.39, 0.29) is 17.2 Å². The van der Waals surface area contributed by atoms with Crippen molar-refractivity contribution in [2.24, 2.45) is 0 Å². The Morgan fingerprint density at radius 3 is 2.07 bits per heavy atom. The van der Waals surface area contributed by atoms with Crippen molar-refractivity contribution in [3.63, 3.8) is 0 Å². The number of rotatable bonds is 10. The standard InChI is InChI=1S/C22H25FO5/c1-2-26-21(24)14-22(15-25-16-22)17-4-8-19(9-5-17)27-12-3-13-28-20-10-6-18(23)7-11-20/h4-11H,2-3,12-16H2,1H3. The van der Waals surface area contributed by atoms with Crippen LogP contribution in [0.4, 0.5) is 4.39 Å². The molecule has 0 aromatic heterocycles. The average Bonchev–Trinajstić information content (AvgIpc) is 2.67. The first-order valence-corrected chi connectivity index (χ1v) is 9.46. The van der Waals surface area contributed by atoms with Crippen LogP contribution in [0, 0.1) is 5.82 Å². The highest BCUT2D eigenvalue weighted by atomic mass is 19.1. The Balaban J connectivity index is 1.43. The van der Waals surface area contributed by atoms with Gasteiger partial charge in [-0.1, -0.05) is 12.1 Å². The van der Waals surface area contributed by atoms with Crippen molar-refractivity contribution in [3.05, 3.63) is 59.9 Å². The van der Waals surface area contributed by atoms with E-state index in [1.54, 1.807) is 19.1 Å². The minimum Gasteiger partial charge on any atom is -0.493 e. The molecule has 0 saturated carbocycles. The summed E-state index contributed by atoms with van der Waals surface area (Å²) >= 11 is 0. The maximum absolute atomic E-state index is 12.8. The van der Waals surface area contributed by atoms with E-state index in [4.69, 9.17) is 18.9 Å². The van der Waals surface area contributed by atoms with Crippen LogP contribution >= 0.6 is 0 Å². The maximum atomic E-state index is 12.8. The Bertz CT molecular complexity index is 754. The quantitative estimate of drug-likeness (QED) is 0.457. The second-order valence-electron chi connectivity index (χ2n) is 6.78. The van der Waals surface area contributed by atoms with Crippen LogP contribution in [0.25, 0.3) is 0 Å². The normalized spacial score (nSPS) is 14.8. The molecule has 0 atom stereocenters. The first-order chi connectivity index (χ1) is 13.6. The van der Waals surface area contributed by atoms with Crippen molar-refractivity contribution in [2.75, 3.05) is 33.0 Å². The van der Waals surface area contributed by atoms with E-state index in [0.717, 1.165) is 11.3 Å². The molecule has 0 unspecified atom stereocenters. The molecule has 28 heavy (non-hydrogen) atoms. The lowest BCUT2D eigenvalue weighted by Crippen LogP contribution is -2.48. The minimum atomic E-state index is -0.298. The predicted molar refractivity (Wildman–Crippen MR) is 102 cm³/mol. The highest BCUT2D eigenvalue weighted by Crippen LogP contribution is 2.36. The zero-order valence-corrected chi connectivity index (χ0v) is 16.0. The van der Waals surface area contributed by atoms with Gasteiger partial charge in [-0.05, 0) is 48.9 Å². The van der Waals surface area contributed by atoms with Crippen LogP contribution in [0.5, 0.6) is 11.5 Å². The average molecular weight is 388 g/mol. The van der Waals surface area contributed by atoms with Gasteiger partial charge in [0.2, 0.25) is 0 Å². The molecule has 6 heteroatoms. The van der Waals surface area contributed by atoms with E-state index >= 15 is 0 Å². The Labute approximate surface area is 164 Å². The molecule has 0 spiro atoms. The molecule has 1 aliphatic rings. The summed E-state index contributed by atoms with van der Waals surface area (Å²) in [6, 6.07) is 13.7. The van der Waals surface area contributed by atoms with Crippen LogP contribution in [0.1, 0.15) is 25.3 Å².